The Hall–Kier alpha value is -3.45. The van der Waals surface area contributed by atoms with Gasteiger partial charge in [-0.25, -0.2) is 9.50 Å². The molecule has 7 heteroatoms. The van der Waals surface area contributed by atoms with Crippen LogP contribution in [0.3, 0.4) is 0 Å². The number of ether oxygens (including phenoxy) is 1. The van der Waals surface area contributed by atoms with Gasteiger partial charge in [-0.1, -0.05) is 38.1 Å². The molecule has 2 N–H and O–H groups in total. The summed E-state index contributed by atoms with van der Waals surface area (Å²) in [6.45, 7) is 4.83. The maximum atomic E-state index is 12.8. The van der Waals surface area contributed by atoms with Crippen LogP contribution in [0.2, 0.25) is 0 Å². The van der Waals surface area contributed by atoms with Gasteiger partial charge >= 0.3 is 0 Å². The summed E-state index contributed by atoms with van der Waals surface area (Å²) in [6.07, 6.45) is 1.72. The fourth-order valence-electron chi connectivity index (χ4n) is 3.57. The molecule has 4 rings (SSSR count). The topological polar surface area (TPSA) is 84.3 Å². The van der Waals surface area contributed by atoms with Gasteiger partial charge in [0.2, 0.25) is 0 Å². The number of fused-ring (bicyclic) bond motifs is 1. The average Bonchev–Trinajstić information content (AvgIpc) is 3.19. The zero-order chi connectivity index (χ0) is 21.1. The fraction of sp³-hybridized carbons (Fsp3) is 0.261. The number of rotatable bonds is 7. The molecule has 0 aliphatic heterocycles. The van der Waals surface area contributed by atoms with Gasteiger partial charge in [0.05, 0.1) is 30.2 Å². The summed E-state index contributed by atoms with van der Waals surface area (Å²) in [7, 11) is 1.67. The third-order valence-corrected chi connectivity index (χ3v) is 5.10. The SMILES string of the molecule is COc1ccccc1CN[C@@H](c1cc(=O)n2[nH]c(-c3ccccn3)cc2n1)C(C)C. The molecular formula is C23H25N5O2. The number of pyridine rings is 1. The van der Waals surface area contributed by atoms with Crippen molar-refractivity contribution < 1.29 is 4.74 Å². The molecule has 1 aromatic carbocycles. The number of aromatic nitrogens is 4. The quantitative estimate of drug-likeness (QED) is 0.493. The van der Waals surface area contributed by atoms with Crippen molar-refractivity contribution in [1.82, 2.24) is 24.9 Å². The van der Waals surface area contributed by atoms with Crippen molar-refractivity contribution in [3.8, 4) is 17.1 Å². The average molecular weight is 403 g/mol. The Morgan fingerprint density at radius 3 is 2.67 bits per heavy atom. The van der Waals surface area contributed by atoms with E-state index < -0.39 is 0 Å². The van der Waals surface area contributed by atoms with E-state index in [1.54, 1.807) is 19.4 Å². The number of aromatic amines is 1. The van der Waals surface area contributed by atoms with Crippen LogP contribution >= 0.6 is 0 Å². The molecule has 1 atom stereocenters. The molecule has 3 aromatic heterocycles. The molecule has 0 saturated carbocycles. The van der Waals surface area contributed by atoms with Gasteiger partial charge in [0, 0.05) is 30.4 Å². The Balaban J connectivity index is 1.66. The molecule has 0 aliphatic rings. The maximum absolute atomic E-state index is 12.8. The van der Waals surface area contributed by atoms with Crippen molar-refractivity contribution in [2.24, 2.45) is 5.92 Å². The lowest BCUT2D eigenvalue weighted by Crippen LogP contribution is -2.28. The molecule has 0 saturated heterocycles. The van der Waals surface area contributed by atoms with E-state index in [9.17, 15) is 4.79 Å². The number of hydrogen-bond acceptors (Lipinski definition) is 5. The molecule has 3 heterocycles. The lowest BCUT2D eigenvalue weighted by atomic mass is 10.00. The van der Waals surface area contributed by atoms with Crippen LogP contribution in [-0.4, -0.2) is 26.7 Å². The van der Waals surface area contributed by atoms with E-state index in [1.807, 2.05) is 48.5 Å². The molecular weight excluding hydrogens is 378 g/mol. The minimum atomic E-state index is -0.151. The van der Waals surface area contributed by atoms with E-state index in [2.05, 4.69) is 29.2 Å². The highest BCUT2D eigenvalue weighted by Crippen LogP contribution is 2.23. The standard InChI is InChI=1S/C23H25N5O2/c1-15(2)23(25-14-16-8-4-5-10-20(16)30-3)19-13-22(29)28-21(26-19)12-18(27-28)17-9-6-7-11-24-17/h4-13,15,23,25,27H,14H2,1-3H3/t23-/m1/s1. The summed E-state index contributed by atoms with van der Waals surface area (Å²) in [5.41, 5.74) is 3.71. The first-order valence-corrected chi connectivity index (χ1v) is 9.96. The Morgan fingerprint density at radius 1 is 1.13 bits per heavy atom. The lowest BCUT2D eigenvalue weighted by molar-refractivity contribution is 0.384. The fourth-order valence-corrected chi connectivity index (χ4v) is 3.57. The second kappa shape index (κ2) is 8.51. The van der Waals surface area contributed by atoms with Gasteiger partial charge in [0.25, 0.3) is 5.56 Å². The molecule has 7 nitrogen and oxygen atoms in total. The molecule has 0 amide bonds. The first-order chi connectivity index (χ1) is 14.6. The molecule has 0 aliphatic carbocycles. The summed E-state index contributed by atoms with van der Waals surface area (Å²) >= 11 is 0. The first kappa shape index (κ1) is 19.8. The van der Waals surface area contributed by atoms with Gasteiger partial charge in [-0.05, 0) is 24.1 Å². The molecule has 0 bridgehead atoms. The Labute approximate surface area is 174 Å². The molecule has 0 fully saturated rings. The van der Waals surface area contributed by atoms with Crippen LogP contribution in [0.1, 0.15) is 31.1 Å². The predicted octanol–water partition coefficient (Wildman–Crippen LogP) is 3.58. The highest BCUT2D eigenvalue weighted by molar-refractivity contribution is 5.60. The zero-order valence-corrected chi connectivity index (χ0v) is 17.3. The number of hydrogen-bond donors (Lipinski definition) is 2. The van der Waals surface area contributed by atoms with Crippen molar-refractivity contribution >= 4 is 5.65 Å². The van der Waals surface area contributed by atoms with Crippen molar-refractivity contribution in [3.05, 3.63) is 82.4 Å². The Bertz CT molecular complexity index is 1200. The van der Waals surface area contributed by atoms with E-state index in [0.717, 1.165) is 28.4 Å². The van der Waals surface area contributed by atoms with Crippen molar-refractivity contribution in [3.63, 3.8) is 0 Å². The van der Waals surface area contributed by atoms with Crippen LogP contribution in [0.5, 0.6) is 5.75 Å². The number of H-pyrrole nitrogens is 1. The Morgan fingerprint density at radius 2 is 1.93 bits per heavy atom. The summed E-state index contributed by atoms with van der Waals surface area (Å²) in [5, 5.41) is 6.63. The third kappa shape index (κ3) is 3.97. The molecule has 30 heavy (non-hydrogen) atoms. The first-order valence-electron chi connectivity index (χ1n) is 9.96. The summed E-state index contributed by atoms with van der Waals surface area (Å²) < 4.78 is 6.90. The van der Waals surface area contributed by atoms with Crippen LogP contribution in [-0.2, 0) is 6.54 Å². The van der Waals surface area contributed by atoms with Crippen molar-refractivity contribution in [1.29, 1.82) is 0 Å². The van der Waals surface area contributed by atoms with E-state index in [0.29, 0.717) is 12.2 Å². The van der Waals surface area contributed by atoms with E-state index in [-0.39, 0.29) is 17.5 Å². The lowest BCUT2D eigenvalue weighted by Gasteiger charge is -2.22. The predicted molar refractivity (Wildman–Crippen MR) is 116 cm³/mol. The third-order valence-electron chi connectivity index (χ3n) is 5.10. The zero-order valence-electron chi connectivity index (χ0n) is 17.3. The van der Waals surface area contributed by atoms with Gasteiger partial charge in [0.1, 0.15) is 5.75 Å². The van der Waals surface area contributed by atoms with Crippen molar-refractivity contribution in [2.45, 2.75) is 26.4 Å². The van der Waals surface area contributed by atoms with E-state index in [4.69, 9.17) is 9.72 Å². The molecule has 0 radical (unpaired) electrons. The minimum Gasteiger partial charge on any atom is -0.496 e. The highest BCUT2D eigenvalue weighted by atomic mass is 16.5. The van der Waals surface area contributed by atoms with Crippen LogP contribution < -0.4 is 15.6 Å². The van der Waals surface area contributed by atoms with E-state index in [1.165, 1.54) is 4.52 Å². The highest BCUT2D eigenvalue weighted by Gasteiger charge is 2.20. The van der Waals surface area contributed by atoms with Crippen LogP contribution in [0.15, 0.2) is 65.6 Å². The normalized spacial score (nSPS) is 12.4. The van der Waals surface area contributed by atoms with Crippen molar-refractivity contribution in [2.75, 3.05) is 7.11 Å². The smallest absolute Gasteiger partial charge is 0.272 e. The van der Waals surface area contributed by atoms with Gasteiger partial charge in [-0.2, -0.15) is 0 Å². The van der Waals surface area contributed by atoms with Crippen LogP contribution in [0.4, 0.5) is 0 Å². The van der Waals surface area contributed by atoms with E-state index >= 15 is 0 Å². The minimum absolute atomic E-state index is 0.0826. The number of nitrogens with one attached hydrogen (secondary N) is 2. The molecule has 154 valence electrons. The van der Waals surface area contributed by atoms with Crippen LogP contribution in [0.25, 0.3) is 17.0 Å². The van der Waals surface area contributed by atoms with Gasteiger partial charge < -0.3 is 10.1 Å². The van der Waals surface area contributed by atoms with Gasteiger partial charge in [-0.15, -0.1) is 0 Å². The second-order valence-electron chi connectivity index (χ2n) is 7.51. The summed E-state index contributed by atoms with van der Waals surface area (Å²) in [5.74, 6) is 1.07. The molecule has 0 unspecified atom stereocenters. The maximum Gasteiger partial charge on any atom is 0.272 e. The second-order valence-corrected chi connectivity index (χ2v) is 7.51. The Kier molecular flexibility index (Phi) is 5.63. The number of benzene rings is 1. The number of para-hydroxylation sites is 1. The van der Waals surface area contributed by atoms with Gasteiger partial charge in [0.15, 0.2) is 5.65 Å². The molecule has 0 spiro atoms. The molecule has 4 aromatic rings. The van der Waals surface area contributed by atoms with Crippen LogP contribution in [0, 0.1) is 5.92 Å². The number of nitrogens with zero attached hydrogens (tertiary/aromatic N) is 3. The summed E-state index contributed by atoms with van der Waals surface area (Å²) in [4.78, 5) is 21.9. The van der Waals surface area contributed by atoms with Gasteiger partial charge in [-0.3, -0.25) is 14.9 Å². The number of methoxy groups -OCH3 is 1. The monoisotopic (exact) mass is 403 g/mol. The summed E-state index contributed by atoms with van der Waals surface area (Å²) in [6, 6.07) is 16.9. The largest absolute Gasteiger partial charge is 0.496 e.